The van der Waals surface area contributed by atoms with Gasteiger partial charge in [0.1, 0.15) is 5.52 Å². The van der Waals surface area contributed by atoms with E-state index in [0.29, 0.717) is 5.89 Å². The Bertz CT molecular complexity index is 1100. The minimum absolute atomic E-state index is 0.0496. The molecule has 1 aromatic heterocycles. The summed E-state index contributed by atoms with van der Waals surface area (Å²) in [6, 6.07) is 19.1. The van der Waals surface area contributed by atoms with E-state index in [1.165, 1.54) is 19.2 Å². The van der Waals surface area contributed by atoms with Crippen LogP contribution in [-0.2, 0) is 0 Å². The number of nitrogens with zero attached hydrogens (tertiary/aromatic N) is 1. The molecule has 4 rings (SSSR count). The van der Waals surface area contributed by atoms with Crippen molar-refractivity contribution in [2.75, 3.05) is 19.0 Å². The summed E-state index contributed by atoms with van der Waals surface area (Å²) in [5.74, 6) is -0.127. The van der Waals surface area contributed by atoms with Crippen LogP contribution in [0.3, 0.4) is 0 Å². The number of carbonyl (C=O) groups is 1. The lowest BCUT2D eigenvalue weighted by Crippen LogP contribution is -2.14. The van der Waals surface area contributed by atoms with Crippen LogP contribution in [0.15, 0.2) is 71.1 Å². The highest BCUT2D eigenvalue weighted by molar-refractivity contribution is 5.99. The van der Waals surface area contributed by atoms with Gasteiger partial charge in [-0.15, -0.1) is 0 Å². The number of ketones is 1. The van der Waals surface area contributed by atoms with Gasteiger partial charge in [-0.3, -0.25) is 4.79 Å². The van der Waals surface area contributed by atoms with E-state index in [0.717, 1.165) is 22.4 Å². The Morgan fingerprint density at radius 3 is 2.61 bits per heavy atom. The van der Waals surface area contributed by atoms with Gasteiger partial charge in [0.15, 0.2) is 22.9 Å². The molecule has 0 bridgehead atoms. The van der Waals surface area contributed by atoms with Crippen molar-refractivity contribution in [3.05, 3.63) is 78.1 Å². The molecule has 4 aromatic rings. The molecule has 28 heavy (non-hydrogen) atoms. The molecule has 6 heteroatoms. The summed E-state index contributed by atoms with van der Waals surface area (Å²) in [4.78, 5) is 16.7. The first kappa shape index (κ1) is 17.7. The van der Waals surface area contributed by atoms with Crippen molar-refractivity contribution >= 4 is 22.6 Å². The largest absolute Gasteiger partial charge is 0.494 e. The number of carbonyl (C=O) groups excluding carboxylic acids is 1. The topological polar surface area (TPSA) is 64.4 Å². The van der Waals surface area contributed by atoms with Crippen LogP contribution in [0, 0.1) is 5.82 Å². The van der Waals surface area contributed by atoms with E-state index in [-0.39, 0.29) is 23.6 Å². The lowest BCUT2D eigenvalue weighted by Gasteiger charge is -2.07. The number of halogens is 1. The number of hydrogen-bond acceptors (Lipinski definition) is 5. The van der Waals surface area contributed by atoms with Crippen molar-refractivity contribution in [1.82, 2.24) is 4.98 Å². The van der Waals surface area contributed by atoms with Gasteiger partial charge in [-0.05, 0) is 54.6 Å². The molecule has 0 saturated heterocycles. The van der Waals surface area contributed by atoms with Gasteiger partial charge in [0.05, 0.1) is 13.7 Å². The van der Waals surface area contributed by atoms with Crippen LogP contribution in [0.2, 0.25) is 0 Å². The Labute approximate surface area is 160 Å². The SMILES string of the molecule is COc1ccc(C(=O)CNc2ccc(-c3nc4ccccc4o3)cc2)cc1F. The summed E-state index contributed by atoms with van der Waals surface area (Å²) in [7, 11) is 1.38. The quantitative estimate of drug-likeness (QED) is 0.483. The van der Waals surface area contributed by atoms with Crippen LogP contribution in [-0.4, -0.2) is 24.4 Å². The van der Waals surface area contributed by atoms with E-state index < -0.39 is 5.82 Å². The number of para-hydroxylation sites is 2. The molecule has 0 fully saturated rings. The number of rotatable bonds is 6. The second-order valence-electron chi connectivity index (χ2n) is 6.19. The van der Waals surface area contributed by atoms with E-state index in [9.17, 15) is 9.18 Å². The van der Waals surface area contributed by atoms with E-state index in [4.69, 9.17) is 9.15 Å². The molecule has 0 unspecified atom stereocenters. The van der Waals surface area contributed by atoms with Crippen LogP contribution in [0.25, 0.3) is 22.6 Å². The zero-order valence-corrected chi connectivity index (χ0v) is 15.1. The lowest BCUT2D eigenvalue weighted by atomic mass is 10.1. The van der Waals surface area contributed by atoms with Crippen molar-refractivity contribution in [3.63, 3.8) is 0 Å². The molecular weight excluding hydrogens is 359 g/mol. The van der Waals surface area contributed by atoms with Crippen LogP contribution >= 0.6 is 0 Å². The number of methoxy groups -OCH3 is 1. The first-order chi connectivity index (χ1) is 13.6. The number of oxazole rings is 1. The molecule has 3 aromatic carbocycles. The molecule has 0 amide bonds. The maximum Gasteiger partial charge on any atom is 0.227 e. The predicted molar refractivity (Wildman–Crippen MR) is 105 cm³/mol. The normalized spacial score (nSPS) is 10.8. The molecule has 1 N–H and O–H groups in total. The summed E-state index contributed by atoms with van der Waals surface area (Å²) < 4.78 is 24.4. The Kier molecular flexibility index (Phi) is 4.76. The van der Waals surface area contributed by atoms with Crippen LogP contribution in [0.5, 0.6) is 5.75 Å². The van der Waals surface area contributed by atoms with Crippen LogP contribution < -0.4 is 10.1 Å². The van der Waals surface area contributed by atoms with E-state index in [2.05, 4.69) is 10.3 Å². The van der Waals surface area contributed by atoms with Crippen molar-refractivity contribution < 1.29 is 18.3 Å². The molecule has 1 heterocycles. The summed E-state index contributed by atoms with van der Waals surface area (Å²) in [6.07, 6.45) is 0. The van der Waals surface area contributed by atoms with Gasteiger partial charge in [-0.25, -0.2) is 9.37 Å². The first-order valence-electron chi connectivity index (χ1n) is 8.70. The van der Waals surface area contributed by atoms with Gasteiger partial charge in [0, 0.05) is 16.8 Å². The zero-order chi connectivity index (χ0) is 19.5. The van der Waals surface area contributed by atoms with Gasteiger partial charge in [-0.2, -0.15) is 0 Å². The second kappa shape index (κ2) is 7.52. The predicted octanol–water partition coefficient (Wildman–Crippen LogP) is 4.94. The van der Waals surface area contributed by atoms with Crippen molar-refractivity contribution in [3.8, 4) is 17.2 Å². The molecule has 0 atom stereocenters. The zero-order valence-electron chi connectivity index (χ0n) is 15.1. The Hall–Kier alpha value is -3.67. The molecule has 0 aliphatic heterocycles. The highest BCUT2D eigenvalue weighted by atomic mass is 19.1. The Balaban J connectivity index is 1.43. The summed E-state index contributed by atoms with van der Waals surface area (Å²) in [5.41, 5.74) is 3.43. The standard InChI is InChI=1S/C22H17FN2O3/c1-27-20-11-8-15(12-17(20)23)19(26)13-24-16-9-6-14(7-10-16)22-25-18-4-2-3-5-21(18)28-22/h2-12,24H,13H2,1H3. The van der Waals surface area contributed by atoms with Crippen molar-refractivity contribution in [2.24, 2.45) is 0 Å². The molecule has 0 aliphatic rings. The molecule has 0 radical (unpaired) electrons. The number of fused-ring (bicyclic) bond motifs is 1. The van der Waals surface area contributed by atoms with Crippen molar-refractivity contribution in [2.45, 2.75) is 0 Å². The maximum absolute atomic E-state index is 13.7. The average Bonchev–Trinajstić information content (AvgIpc) is 3.16. The van der Waals surface area contributed by atoms with Gasteiger partial charge in [0.25, 0.3) is 0 Å². The van der Waals surface area contributed by atoms with Gasteiger partial charge >= 0.3 is 0 Å². The maximum atomic E-state index is 13.7. The number of aromatic nitrogens is 1. The Morgan fingerprint density at radius 1 is 1.11 bits per heavy atom. The molecule has 0 aliphatic carbocycles. The number of Topliss-reactive ketones (excluding diaryl/α,β-unsaturated/α-hetero) is 1. The van der Waals surface area contributed by atoms with Crippen LogP contribution in [0.1, 0.15) is 10.4 Å². The summed E-state index contributed by atoms with van der Waals surface area (Å²) >= 11 is 0. The third-order valence-electron chi connectivity index (χ3n) is 4.35. The monoisotopic (exact) mass is 376 g/mol. The van der Waals surface area contributed by atoms with Gasteiger partial charge in [0.2, 0.25) is 5.89 Å². The average molecular weight is 376 g/mol. The highest BCUT2D eigenvalue weighted by Gasteiger charge is 2.11. The van der Waals surface area contributed by atoms with Gasteiger partial charge in [-0.1, -0.05) is 12.1 Å². The molecule has 140 valence electrons. The van der Waals surface area contributed by atoms with E-state index >= 15 is 0 Å². The third-order valence-corrected chi connectivity index (χ3v) is 4.35. The minimum Gasteiger partial charge on any atom is -0.494 e. The number of hydrogen-bond donors (Lipinski definition) is 1. The molecular formula is C22H17FN2O3. The highest BCUT2D eigenvalue weighted by Crippen LogP contribution is 2.25. The Morgan fingerprint density at radius 2 is 1.89 bits per heavy atom. The summed E-state index contributed by atoms with van der Waals surface area (Å²) in [6.45, 7) is 0.0496. The summed E-state index contributed by atoms with van der Waals surface area (Å²) in [5, 5.41) is 3.04. The number of benzene rings is 3. The third kappa shape index (κ3) is 3.57. The van der Waals surface area contributed by atoms with E-state index in [1.807, 2.05) is 48.5 Å². The fourth-order valence-electron chi connectivity index (χ4n) is 2.85. The lowest BCUT2D eigenvalue weighted by molar-refractivity contribution is 0.101. The van der Waals surface area contributed by atoms with E-state index in [1.54, 1.807) is 6.07 Å². The van der Waals surface area contributed by atoms with Crippen molar-refractivity contribution in [1.29, 1.82) is 0 Å². The first-order valence-corrected chi connectivity index (χ1v) is 8.70. The van der Waals surface area contributed by atoms with Gasteiger partial charge < -0.3 is 14.5 Å². The fraction of sp³-hybridized carbons (Fsp3) is 0.0909. The number of ether oxygens (including phenoxy) is 1. The second-order valence-corrected chi connectivity index (χ2v) is 6.19. The number of nitrogens with one attached hydrogen (secondary N) is 1. The minimum atomic E-state index is -0.559. The fourth-order valence-corrected chi connectivity index (χ4v) is 2.85. The smallest absolute Gasteiger partial charge is 0.227 e. The number of anilines is 1. The molecule has 5 nitrogen and oxygen atoms in total. The molecule has 0 saturated carbocycles. The molecule has 0 spiro atoms. The van der Waals surface area contributed by atoms with Crippen LogP contribution in [0.4, 0.5) is 10.1 Å².